The molecule has 0 nitrogen and oxygen atoms in total. The van der Waals surface area contributed by atoms with Gasteiger partial charge >= 0.3 is 0 Å². The molecule has 0 aromatic heterocycles. The van der Waals surface area contributed by atoms with Gasteiger partial charge in [0.1, 0.15) is 0 Å². The van der Waals surface area contributed by atoms with E-state index in [2.05, 4.69) is 43.8 Å². The SMILES string of the molecule is C=C(C)C1CC2CC(Cl)CC(C2)C1Cc1ccccc1. The summed E-state index contributed by atoms with van der Waals surface area (Å²) in [5.74, 6) is 3.08. The fourth-order valence-electron chi connectivity index (χ4n) is 4.57. The van der Waals surface area contributed by atoms with E-state index in [9.17, 15) is 0 Å². The van der Waals surface area contributed by atoms with Gasteiger partial charge in [-0.3, -0.25) is 0 Å². The molecule has 2 aliphatic carbocycles. The molecule has 0 spiro atoms. The van der Waals surface area contributed by atoms with E-state index in [1.165, 1.54) is 43.2 Å². The Hall–Kier alpha value is -0.750. The molecule has 0 saturated heterocycles. The first-order valence-corrected chi connectivity index (χ1v) is 8.40. The molecule has 0 radical (unpaired) electrons. The van der Waals surface area contributed by atoms with Crippen LogP contribution in [0.15, 0.2) is 42.5 Å². The van der Waals surface area contributed by atoms with Crippen molar-refractivity contribution in [3.05, 3.63) is 48.0 Å². The van der Waals surface area contributed by atoms with Gasteiger partial charge in [0.15, 0.2) is 0 Å². The van der Waals surface area contributed by atoms with Crippen LogP contribution < -0.4 is 0 Å². The van der Waals surface area contributed by atoms with E-state index in [0.29, 0.717) is 11.3 Å². The minimum absolute atomic E-state index is 0.406. The van der Waals surface area contributed by atoms with E-state index in [-0.39, 0.29) is 0 Å². The lowest BCUT2D eigenvalue weighted by molar-refractivity contribution is 0.0820. The van der Waals surface area contributed by atoms with Crippen LogP contribution in [0.3, 0.4) is 0 Å². The highest BCUT2D eigenvalue weighted by Gasteiger charge is 2.42. The van der Waals surface area contributed by atoms with Crippen LogP contribution in [0, 0.1) is 23.7 Å². The Labute approximate surface area is 128 Å². The smallest absolute Gasteiger partial charge is 0.0341 e. The van der Waals surface area contributed by atoms with E-state index in [1.807, 2.05) is 0 Å². The second-order valence-corrected chi connectivity index (χ2v) is 7.59. The lowest BCUT2D eigenvalue weighted by Gasteiger charge is -2.47. The maximum Gasteiger partial charge on any atom is 0.0341 e. The van der Waals surface area contributed by atoms with E-state index in [4.69, 9.17) is 11.6 Å². The summed E-state index contributed by atoms with van der Waals surface area (Å²) in [6, 6.07) is 10.9. The van der Waals surface area contributed by atoms with Crippen molar-refractivity contribution in [3.63, 3.8) is 0 Å². The molecule has 20 heavy (non-hydrogen) atoms. The average molecular weight is 289 g/mol. The second kappa shape index (κ2) is 5.93. The van der Waals surface area contributed by atoms with Gasteiger partial charge < -0.3 is 0 Å². The van der Waals surface area contributed by atoms with Crippen LogP contribution >= 0.6 is 11.6 Å². The number of fused-ring (bicyclic) bond motifs is 2. The number of hydrogen-bond donors (Lipinski definition) is 0. The minimum atomic E-state index is 0.406. The summed E-state index contributed by atoms with van der Waals surface area (Å²) in [6.45, 7) is 6.51. The van der Waals surface area contributed by atoms with Crippen molar-refractivity contribution in [2.45, 2.75) is 44.4 Å². The molecule has 1 aromatic carbocycles. The van der Waals surface area contributed by atoms with Gasteiger partial charge in [0.05, 0.1) is 0 Å². The molecular weight excluding hydrogens is 264 g/mol. The molecule has 108 valence electrons. The van der Waals surface area contributed by atoms with Crippen molar-refractivity contribution in [1.29, 1.82) is 0 Å². The molecule has 1 heteroatoms. The van der Waals surface area contributed by atoms with Gasteiger partial charge in [-0.05, 0) is 68.3 Å². The van der Waals surface area contributed by atoms with Crippen molar-refractivity contribution in [2.24, 2.45) is 23.7 Å². The standard InChI is InChI=1S/C19H25Cl/c1-13(2)18-11-15-8-16(12-17(20)9-15)19(18)10-14-6-4-3-5-7-14/h3-7,15-19H,1,8-12H2,2H3. The van der Waals surface area contributed by atoms with Crippen molar-refractivity contribution in [1.82, 2.24) is 0 Å². The third-order valence-electron chi connectivity index (χ3n) is 5.44. The van der Waals surface area contributed by atoms with E-state index < -0.39 is 0 Å². The lowest BCUT2D eigenvalue weighted by Crippen LogP contribution is -2.40. The predicted molar refractivity (Wildman–Crippen MR) is 87.0 cm³/mol. The summed E-state index contributed by atoms with van der Waals surface area (Å²) in [6.07, 6.45) is 6.33. The van der Waals surface area contributed by atoms with Crippen molar-refractivity contribution < 1.29 is 0 Å². The summed E-state index contributed by atoms with van der Waals surface area (Å²) in [4.78, 5) is 0. The van der Waals surface area contributed by atoms with Gasteiger partial charge in [-0.15, -0.1) is 11.6 Å². The Morgan fingerprint density at radius 3 is 2.60 bits per heavy atom. The van der Waals surface area contributed by atoms with Gasteiger partial charge in [-0.2, -0.15) is 0 Å². The van der Waals surface area contributed by atoms with Crippen molar-refractivity contribution in [2.75, 3.05) is 0 Å². The molecule has 2 fully saturated rings. The van der Waals surface area contributed by atoms with Crippen LogP contribution in [0.25, 0.3) is 0 Å². The monoisotopic (exact) mass is 288 g/mol. The Morgan fingerprint density at radius 1 is 1.15 bits per heavy atom. The number of alkyl halides is 1. The molecule has 5 atom stereocenters. The van der Waals surface area contributed by atoms with Gasteiger partial charge in [0.25, 0.3) is 0 Å². The topological polar surface area (TPSA) is 0 Å². The van der Waals surface area contributed by atoms with E-state index in [0.717, 1.165) is 17.8 Å². The quantitative estimate of drug-likeness (QED) is 0.511. The number of benzene rings is 1. The Kier molecular flexibility index (Phi) is 4.21. The molecule has 0 N–H and O–H groups in total. The van der Waals surface area contributed by atoms with Gasteiger partial charge in [-0.25, -0.2) is 0 Å². The molecule has 0 heterocycles. The molecule has 1 aromatic rings. The maximum atomic E-state index is 6.49. The zero-order valence-corrected chi connectivity index (χ0v) is 13.2. The highest BCUT2D eigenvalue weighted by molar-refractivity contribution is 6.20. The molecule has 0 amide bonds. The minimum Gasteiger partial charge on any atom is -0.123 e. The highest BCUT2D eigenvalue weighted by Crippen LogP contribution is 2.50. The summed E-state index contributed by atoms with van der Waals surface area (Å²) in [5.41, 5.74) is 2.85. The van der Waals surface area contributed by atoms with E-state index in [1.54, 1.807) is 0 Å². The third kappa shape index (κ3) is 2.96. The van der Waals surface area contributed by atoms with Gasteiger partial charge in [0.2, 0.25) is 0 Å². The largest absolute Gasteiger partial charge is 0.123 e. The molecule has 5 unspecified atom stereocenters. The first kappa shape index (κ1) is 14.2. The molecule has 0 aliphatic heterocycles. The van der Waals surface area contributed by atoms with Crippen LogP contribution in [-0.2, 0) is 6.42 Å². The summed E-state index contributed by atoms with van der Waals surface area (Å²) in [5, 5.41) is 0.406. The van der Waals surface area contributed by atoms with Crippen LogP contribution in [0.4, 0.5) is 0 Å². The summed E-state index contributed by atoms with van der Waals surface area (Å²) < 4.78 is 0. The Morgan fingerprint density at radius 2 is 1.90 bits per heavy atom. The van der Waals surface area contributed by atoms with E-state index >= 15 is 0 Å². The number of halogens is 1. The van der Waals surface area contributed by atoms with Crippen LogP contribution in [0.2, 0.25) is 0 Å². The Bertz CT molecular complexity index is 462. The molecule has 2 saturated carbocycles. The van der Waals surface area contributed by atoms with Crippen molar-refractivity contribution in [3.8, 4) is 0 Å². The number of allylic oxidation sites excluding steroid dienone is 1. The zero-order valence-electron chi connectivity index (χ0n) is 12.4. The van der Waals surface area contributed by atoms with Crippen LogP contribution in [0.1, 0.15) is 38.2 Å². The number of hydrogen-bond acceptors (Lipinski definition) is 0. The molecule has 3 rings (SSSR count). The lowest BCUT2D eigenvalue weighted by atomic mass is 9.59. The zero-order chi connectivity index (χ0) is 14.1. The highest BCUT2D eigenvalue weighted by atomic mass is 35.5. The maximum absolute atomic E-state index is 6.49. The Balaban J connectivity index is 1.82. The van der Waals surface area contributed by atoms with Crippen LogP contribution in [-0.4, -0.2) is 5.38 Å². The summed E-state index contributed by atoms with van der Waals surface area (Å²) in [7, 11) is 0. The average Bonchev–Trinajstić information content (AvgIpc) is 2.42. The first-order valence-electron chi connectivity index (χ1n) is 7.97. The normalized spacial score (nSPS) is 36.6. The molecule has 2 bridgehead atoms. The molecular formula is C19H25Cl. The first-order chi connectivity index (χ1) is 9.63. The number of rotatable bonds is 3. The fourth-order valence-corrected chi connectivity index (χ4v) is 5.05. The third-order valence-corrected chi connectivity index (χ3v) is 5.80. The van der Waals surface area contributed by atoms with Gasteiger partial charge in [-0.1, -0.05) is 42.5 Å². The van der Waals surface area contributed by atoms with Crippen molar-refractivity contribution >= 4 is 11.6 Å². The summed E-state index contributed by atoms with van der Waals surface area (Å²) >= 11 is 6.49. The molecule has 2 aliphatic rings. The fraction of sp³-hybridized carbons (Fsp3) is 0.579. The van der Waals surface area contributed by atoms with Gasteiger partial charge in [0, 0.05) is 5.38 Å². The predicted octanol–water partition coefficient (Wildman–Crippen LogP) is 5.47. The second-order valence-electron chi connectivity index (χ2n) is 6.97. The van der Waals surface area contributed by atoms with Crippen LogP contribution in [0.5, 0.6) is 0 Å².